The van der Waals surface area contributed by atoms with E-state index in [2.05, 4.69) is 4.98 Å². The molecule has 0 unspecified atom stereocenters. The molecule has 0 saturated carbocycles. The lowest BCUT2D eigenvalue weighted by atomic mass is 10.2. The number of hydrogen-bond acceptors (Lipinski definition) is 4. The van der Waals surface area contributed by atoms with Crippen LogP contribution in [0.5, 0.6) is 5.75 Å². The second-order valence-corrected chi connectivity index (χ2v) is 6.02. The molecule has 0 bridgehead atoms. The molecule has 1 atom stereocenters. The third-order valence-electron chi connectivity index (χ3n) is 4.11. The highest BCUT2D eigenvalue weighted by Crippen LogP contribution is 2.24. The number of quaternary nitrogens is 1. The molecule has 1 aromatic carbocycles. The van der Waals surface area contributed by atoms with Gasteiger partial charge in [-0.3, -0.25) is 14.6 Å². The van der Waals surface area contributed by atoms with E-state index in [1.54, 1.807) is 36.7 Å². The average molecular weight is 340 g/mol. The first-order valence-corrected chi connectivity index (χ1v) is 8.51. The summed E-state index contributed by atoms with van der Waals surface area (Å²) >= 11 is 0. The molecule has 2 aromatic rings. The Hall–Kier alpha value is -2.73. The fourth-order valence-electron chi connectivity index (χ4n) is 2.82. The maximum absolute atomic E-state index is 12.6. The van der Waals surface area contributed by atoms with Gasteiger partial charge in [-0.05, 0) is 36.8 Å². The van der Waals surface area contributed by atoms with E-state index in [1.807, 2.05) is 24.4 Å². The zero-order valence-electron chi connectivity index (χ0n) is 14.2. The number of carbonyl (C=O) groups is 2. The van der Waals surface area contributed by atoms with E-state index in [1.165, 1.54) is 4.90 Å². The highest BCUT2D eigenvalue weighted by molar-refractivity contribution is 6.21. The number of imide groups is 1. The topological polar surface area (TPSA) is 76.1 Å². The van der Waals surface area contributed by atoms with Gasteiger partial charge in [-0.25, -0.2) is 4.90 Å². The molecule has 1 saturated heterocycles. The molecule has 130 valence electrons. The van der Waals surface area contributed by atoms with E-state index < -0.39 is 0 Å². The molecule has 0 spiro atoms. The van der Waals surface area contributed by atoms with Crippen molar-refractivity contribution in [3.8, 4) is 5.75 Å². The molecule has 0 radical (unpaired) electrons. The van der Waals surface area contributed by atoms with Crippen molar-refractivity contribution in [1.82, 2.24) is 4.98 Å². The van der Waals surface area contributed by atoms with Crippen LogP contribution in [0.2, 0.25) is 0 Å². The number of rotatable bonds is 7. The minimum Gasteiger partial charge on any atom is -0.494 e. The van der Waals surface area contributed by atoms with Crippen molar-refractivity contribution in [2.24, 2.45) is 0 Å². The number of nitrogens with zero attached hydrogens (tertiary/aromatic N) is 2. The standard InChI is InChI=1S/C19H21N3O3/c1-2-10-25-16-7-5-15(6-8-16)22-18(23)11-17(19(22)24)21-13-14-4-3-9-20-12-14/h3-9,12,17,21H,2,10-11,13H2,1H3/p+1/t17-/m1/s1. The average Bonchev–Trinajstić information content (AvgIpc) is 2.93. The van der Waals surface area contributed by atoms with Gasteiger partial charge in [0.1, 0.15) is 12.3 Å². The van der Waals surface area contributed by atoms with Crippen LogP contribution in [0, 0.1) is 0 Å². The molecule has 1 fully saturated rings. The summed E-state index contributed by atoms with van der Waals surface area (Å²) in [4.78, 5) is 30.3. The van der Waals surface area contributed by atoms with Crippen LogP contribution in [0.3, 0.4) is 0 Å². The van der Waals surface area contributed by atoms with Gasteiger partial charge in [0.2, 0.25) is 5.91 Å². The molecule has 1 aromatic heterocycles. The summed E-state index contributed by atoms with van der Waals surface area (Å²) < 4.78 is 5.53. The SMILES string of the molecule is CCCOc1ccc(N2C(=O)C[C@@H]([NH2+]Cc3cccnc3)C2=O)cc1. The summed E-state index contributed by atoms with van der Waals surface area (Å²) in [7, 11) is 0. The van der Waals surface area contributed by atoms with Crippen LogP contribution in [0.25, 0.3) is 0 Å². The lowest BCUT2D eigenvalue weighted by Crippen LogP contribution is -2.90. The number of benzene rings is 1. The molecule has 1 aliphatic rings. The minimum atomic E-state index is -0.385. The van der Waals surface area contributed by atoms with E-state index in [4.69, 9.17) is 4.74 Å². The minimum absolute atomic E-state index is 0.167. The van der Waals surface area contributed by atoms with Gasteiger partial charge < -0.3 is 10.1 Å². The number of amides is 2. The van der Waals surface area contributed by atoms with Gasteiger partial charge in [0.05, 0.1) is 18.7 Å². The predicted octanol–water partition coefficient (Wildman–Crippen LogP) is 1.27. The van der Waals surface area contributed by atoms with Gasteiger partial charge in [-0.2, -0.15) is 0 Å². The van der Waals surface area contributed by atoms with E-state index in [0.29, 0.717) is 18.8 Å². The first-order valence-electron chi connectivity index (χ1n) is 8.51. The van der Waals surface area contributed by atoms with Crippen LogP contribution in [0.4, 0.5) is 5.69 Å². The van der Waals surface area contributed by atoms with Gasteiger partial charge >= 0.3 is 0 Å². The zero-order chi connectivity index (χ0) is 17.6. The number of hydrogen-bond donors (Lipinski definition) is 1. The van der Waals surface area contributed by atoms with Crippen molar-refractivity contribution < 1.29 is 19.6 Å². The Labute approximate surface area is 146 Å². The third-order valence-corrected chi connectivity index (χ3v) is 4.11. The molecule has 6 nitrogen and oxygen atoms in total. The van der Waals surface area contributed by atoms with Crippen molar-refractivity contribution in [3.05, 3.63) is 54.4 Å². The van der Waals surface area contributed by atoms with Crippen LogP contribution in [0.15, 0.2) is 48.8 Å². The summed E-state index contributed by atoms with van der Waals surface area (Å²) in [5, 5.41) is 1.90. The molecule has 2 N–H and O–H groups in total. The third kappa shape index (κ3) is 4.03. The maximum atomic E-state index is 12.6. The Bertz CT molecular complexity index is 731. The fraction of sp³-hybridized carbons (Fsp3) is 0.316. The van der Waals surface area contributed by atoms with Crippen LogP contribution in [-0.2, 0) is 16.1 Å². The van der Waals surface area contributed by atoms with E-state index in [-0.39, 0.29) is 24.3 Å². The van der Waals surface area contributed by atoms with Gasteiger partial charge in [-0.15, -0.1) is 0 Å². The highest BCUT2D eigenvalue weighted by atomic mass is 16.5. The number of ether oxygens (including phenoxy) is 1. The van der Waals surface area contributed by atoms with Gasteiger partial charge in [-0.1, -0.05) is 13.0 Å². The Balaban J connectivity index is 1.64. The maximum Gasteiger partial charge on any atom is 0.292 e. The predicted molar refractivity (Wildman–Crippen MR) is 93.0 cm³/mol. The highest BCUT2D eigenvalue weighted by Gasteiger charge is 2.42. The van der Waals surface area contributed by atoms with Crippen molar-refractivity contribution in [3.63, 3.8) is 0 Å². The first-order chi connectivity index (χ1) is 12.2. The van der Waals surface area contributed by atoms with Gasteiger partial charge in [0, 0.05) is 18.0 Å². The van der Waals surface area contributed by atoms with Crippen LogP contribution >= 0.6 is 0 Å². The van der Waals surface area contributed by atoms with Crippen LogP contribution in [0.1, 0.15) is 25.3 Å². The summed E-state index contributed by atoms with van der Waals surface area (Å²) in [6.07, 6.45) is 4.63. The molecule has 1 aliphatic heterocycles. The Morgan fingerprint density at radius 2 is 2.04 bits per heavy atom. The summed E-state index contributed by atoms with van der Waals surface area (Å²) in [5.41, 5.74) is 1.62. The second kappa shape index (κ2) is 7.90. The quantitative estimate of drug-likeness (QED) is 0.770. The Kier molecular flexibility index (Phi) is 5.40. The first kappa shape index (κ1) is 17.1. The molecule has 0 aliphatic carbocycles. The molecule has 25 heavy (non-hydrogen) atoms. The Morgan fingerprint density at radius 3 is 2.72 bits per heavy atom. The lowest BCUT2D eigenvalue weighted by molar-refractivity contribution is -0.690. The fourth-order valence-corrected chi connectivity index (χ4v) is 2.82. The van der Waals surface area contributed by atoms with Gasteiger partial charge in [0.25, 0.3) is 5.91 Å². The van der Waals surface area contributed by atoms with E-state index in [0.717, 1.165) is 17.7 Å². The normalized spacial score (nSPS) is 17.2. The van der Waals surface area contributed by atoms with Crippen LogP contribution < -0.4 is 15.0 Å². The van der Waals surface area contributed by atoms with Crippen molar-refractivity contribution in [1.29, 1.82) is 0 Å². The number of pyridine rings is 1. The van der Waals surface area contributed by atoms with Crippen molar-refractivity contribution in [2.75, 3.05) is 11.5 Å². The molecule has 2 heterocycles. The smallest absolute Gasteiger partial charge is 0.292 e. The molecular formula is C19H22N3O3+. The van der Waals surface area contributed by atoms with E-state index in [9.17, 15) is 9.59 Å². The molecular weight excluding hydrogens is 318 g/mol. The summed E-state index contributed by atoms with van der Waals surface area (Å²) in [6.45, 7) is 3.31. The van der Waals surface area contributed by atoms with Gasteiger partial charge in [0.15, 0.2) is 6.04 Å². The molecule has 3 rings (SSSR count). The van der Waals surface area contributed by atoms with Crippen molar-refractivity contribution in [2.45, 2.75) is 32.4 Å². The summed E-state index contributed by atoms with van der Waals surface area (Å²) in [6, 6.07) is 10.5. The molecule has 6 heteroatoms. The summed E-state index contributed by atoms with van der Waals surface area (Å²) in [5.74, 6) is 0.403. The molecule has 2 amide bonds. The Morgan fingerprint density at radius 1 is 1.24 bits per heavy atom. The number of nitrogens with two attached hydrogens (primary N) is 1. The number of aromatic nitrogens is 1. The van der Waals surface area contributed by atoms with E-state index >= 15 is 0 Å². The number of carbonyl (C=O) groups excluding carboxylic acids is 2. The van der Waals surface area contributed by atoms with Crippen molar-refractivity contribution >= 4 is 17.5 Å². The zero-order valence-corrected chi connectivity index (χ0v) is 14.2. The lowest BCUT2D eigenvalue weighted by Gasteiger charge is -2.15. The van der Waals surface area contributed by atoms with Crippen LogP contribution in [-0.4, -0.2) is 29.4 Å². The second-order valence-electron chi connectivity index (χ2n) is 6.02. The number of anilines is 1. The largest absolute Gasteiger partial charge is 0.494 e. The monoisotopic (exact) mass is 340 g/mol.